The number of hydrogen-bond acceptors (Lipinski definition) is 6. The van der Waals surface area contributed by atoms with Gasteiger partial charge in [-0.25, -0.2) is 9.78 Å². The van der Waals surface area contributed by atoms with Crippen LogP contribution in [0.2, 0.25) is 0 Å². The molecule has 0 radical (unpaired) electrons. The van der Waals surface area contributed by atoms with Crippen molar-refractivity contribution in [1.82, 2.24) is 4.98 Å². The Morgan fingerprint density at radius 2 is 1.78 bits per heavy atom. The number of aryl methyl sites for hydroxylation is 2. The highest BCUT2D eigenvalue weighted by Gasteiger charge is 2.30. The molecule has 1 N–H and O–H groups in total. The average molecular weight is 385 g/mol. The highest BCUT2D eigenvalue weighted by atomic mass is 32.1. The Morgan fingerprint density at radius 1 is 1.15 bits per heavy atom. The second kappa shape index (κ2) is 6.13. The molecule has 0 saturated heterocycles. The molecule has 7 heteroatoms. The third-order valence-corrected chi connectivity index (χ3v) is 5.53. The number of aromatic nitrogens is 1. The summed E-state index contributed by atoms with van der Waals surface area (Å²) in [6.45, 7) is 7.14. The largest absolute Gasteiger partial charge is 0.478 e. The molecule has 27 heavy (non-hydrogen) atoms. The summed E-state index contributed by atoms with van der Waals surface area (Å²) in [5.74, 6) is 1.04. The molecule has 4 rings (SSSR count). The Hall–Kier alpha value is -2.80. The quantitative estimate of drug-likeness (QED) is 0.710. The maximum absolute atomic E-state index is 11.4. The first-order valence-electron chi connectivity index (χ1n) is 8.49. The van der Waals surface area contributed by atoms with E-state index in [4.69, 9.17) is 19.2 Å². The van der Waals surface area contributed by atoms with Gasteiger partial charge in [-0.15, -0.1) is 11.3 Å². The molecule has 0 fully saturated rings. The molecule has 6 nitrogen and oxygen atoms in total. The summed E-state index contributed by atoms with van der Waals surface area (Å²) in [7, 11) is 0. The van der Waals surface area contributed by atoms with Crippen molar-refractivity contribution in [3.05, 3.63) is 35.4 Å². The smallest absolute Gasteiger partial charge is 0.347 e. The Bertz CT molecular complexity index is 1010. The van der Waals surface area contributed by atoms with Crippen molar-refractivity contribution in [3.8, 4) is 27.8 Å². The molecule has 0 saturated carbocycles. The van der Waals surface area contributed by atoms with Crippen LogP contribution in [0.15, 0.2) is 24.3 Å². The summed E-state index contributed by atoms with van der Waals surface area (Å²) >= 11 is 1.58. The van der Waals surface area contributed by atoms with Gasteiger partial charge in [-0.2, -0.15) is 0 Å². The van der Waals surface area contributed by atoms with Crippen LogP contribution >= 0.6 is 11.3 Å². The van der Waals surface area contributed by atoms with Gasteiger partial charge in [-0.05, 0) is 51.0 Å². The summed E-state index contributed by atoms with van der Waals surface area (Å²) < 4.78 is 17.7. The van der Waals surface area contributed by atoms with Crippen molar-refractivity contribution in [2.75, 3.05) is 6.79 Å². The molecule has 3 aromatic rings. The van der Waals surface area contributed by atoms with Gasteiger partial charge in [-0.3, -0.25) is 0 Å². The number of thiazole rings is 1. The molecule has 2 aromatic carbocycles. The van der Waals surface area contributed by atoms with E-state index in [1.807, 2.05) is 38.1 Å². The molecule has 0 spiro atoms. The van der Waals surface area contributed by atoms with Gasteiger partial charge in [0, 0.05) is 17.7 Å². The van der Waals surface area contributed by atoms with Gasteiger partial charge in [0.1, 0.15) is 10.8 Å². The Balaban J connectivity index is 1.73. The van der Waals surface area contributed by atoms with E-state index in [0.717, 1.165) is 37.7 Å². The molecule has 1 aliphatic rings. The second-order valence-electron chi connectivity index (χ2n) is 7.05. The lowest BCUT2D eigenvalue weighted by Crippen LogP contribution is -2.38. The molecule has 0 aliphatic carbocycles. The number of rotatable bonds is 4. The predicted molar refractivity (Wildman–Crippen MR) is 103 cm³/mol. The van der Waals surface area contributed by atoms with E-state index in [0.29, 0.717) is 11.5 Å². The van der Waals surface area contributed by atoms with Crippen LogP contribution in [0.25, 0.3) is 20.8 Å². The van der Waals surface area contributed by atoms with Crippen LogP contribution in [-0.4, -0.2) is 28.5 Å². The highest BCUT2D eigenvalue weighted by molar-refractivity contribution is 7.21. The maximum atomic E-state index is 11.4. The number of nitrogens with zero attached hydrogens (tertiary/aromatic N) is 1. The Kier molecular flexibility index (Phi) is 3.99. The van der Waals surface area contributed by atoms with Crippen molar-refractivity contribution >= 4 is 27.5 Å². The number of carbonyl (C=O) groups is 1. The van der Waals surface area contributed by atoms with E-state index in [-0.39, 0.29) is 6.79 Å². The first kappa shape index (κ1) is 17.6. The van der Waals surface area contributed by atoms with Crippen LogP contribution in [0.4, 0.5) is 0 Å². The molecule has 1 aliphatic heterocycles. The highest BCUT2D eigenvalue weighted by Crippen LogP contribution is 2.41. The lowest BCUT2D eigenvalue weighted by Gasteiger charge is -2.24. The van der Waals surface area contributed by atoms with Crippen molar-refractivity contribution < 1.29 is 24.1 Å². The zero-order valence-corrected chi connectivity index (χ0v) is 16.3. The van der Waals surface area contributed by atoms with Crippen LogP contribution in [0.1, 0.15) is 25.0 Å². The number of carboxylic acid groups (broad SMARTS) is 1. The van der Waals surface area contributed by atoms with Crippen LogP contribution in [0, 0.1) is 13.8 Å². The molecule has 0 atom stereocenters. The molecule has 1 aromatic heterocycles. The van der Waals surface area contributed by atoms with Crippen LogP contribution in [0.5, 0.6) is 17.2 Å². The number of carboxylic acids is 1. The normalized spacial score (nSPS) is 13.2. The first-order valence-corrected chi connectivity index (χ1v) is 9.30. The number of hydrogen-bond donors (Lipinski definition) is 1. The summed E-state index contributed by atoms with van der Waals surface area (Å²) in [6, 6.07) is 7.78. The van der Waals surface area contributed by atoms with E-state index in [1.165, 1.54) is 0 Å². The average Bonchev–Trinajstić information content (AvgIpc) is 3.21. The maximum Gasteiger partial charge on any atom is 0.347 e. The fourth-order valence-electron chi connectivity index (χ4n) is 2.98. The monoisotopic (exact) mass is 385 g/mol. The minimum absolute atomic E-state index is 0.242. The molecular formula is C20H19NO5S. The van der Waals surface area contributed by atoms with Crippen molar-refractivity contribution in [3.63, 3.8) is 0 Å². The summed E-state index contributed by atoms with van der Waals surface area (Å²) in [5, 5.41) is 10.2. The van der Waals surface area contributed by atoms with E-state index in [2.05, 4.69) is 0 Å². The SMILES string of the molecule is Cc1cc(-c2nc3cc4c(cc3s2)OCO4)cc(C)c1OC(C)(C)C(=O)O. The minimum Gasteiger partial charge on any atom is -0.478 e. The topological polar surface area (TPSA) is 77.9 Å². The van der Waals surface area contributed by atoms with Gasteiger partial charge in [0.15, 0.2) is 17.1 Å². The van der Waals surface area contributed by atoms with Crippen LogP contribution < -0.4 is 14.2 Å². The van der Waals surface area contributed by atoms with E-state index in [9.17, 15) is 9.90 Å². The number of ether oxygens (including phenoxy) is 3. The molecule has 140 valence electrons. The molecule has 2 heterocycles. The van der Waals surface area contributed by atoms with Crippen LogP contribution in [0.3, 0.4) is 0 Å². The molecule has 0 unspecified atom stereocenters. The van der Waals surface area contributed by atoms with Gasteiger partial charge in [-0.1, -0.05) is 0 Å². The van der Waals surface area contributed by atoms with E-state index in [1.54, 1.807) is 25.2 Å². The second-order valence-corrected chi connectivity index (χ2v) is 8.08. The van der Waals surface area contributed by atoms with Crippen molar-refractivity contribution in [2.45, 2.75) is 33.3 Å². The predicted octanol–water partition coefficient (Wildman–Crippen LogP) is 4.55. The Morgan fingerprint density at radius 3 is 2.41 bits per heavy atom. The van der Waals surface area contributed by atoms with Gasteiger partial charge in [0.25, 0.3) is 0 Å². The van der Waals surface area contributed by atoms with Crippen molar-refractivity contribution in [2.24, 2.45) is 0 Å². The molecule has 0 bridgehead atoms. The summed E-state index contributed by atoms with van der Waals surface area (Å²) in [4.78, 5) is 16.1. The first-order chi connectivity index (χ1) is 12.7. The summed E-state index contributed by atoms with van der Waals surface area (Å²) in [6.07, 6.45) is 0. The zero-order chi connectivity index (χ0) is 19.3. The molecule has 0 amide bonds. The fourth-order valence-corrected chi connectivity index (χ4v) is 3.94. The lowest BCUT2D eigenvalue weighted by molar-refractivity contribution is -0.152. The standard InChI is InChI=1S/C20H19NO5S/c1-10-5-12(6-11(2)17(10)26-20(3,4)19(22)23)18-21-13-7-14-15(25-9-24-14)8-16(13)27-18/h5-8H,9H2,1-4H3,(H,22,23). The number of benzene rings is 2. The number of fused-ring (bicyclic) bond motifs is 2. The van der Waals surface area contributed by atoms with E-state index >= 15 is 0 Å². The minimum atomic E-state index is -1.30. The fraction of sp³-hybridized carbons (Fsp3) is 0.300. The van der Waals surface area contributed by atoms with E-state index < -0.39 is 11.6 Å². The molecular weight excluding hydrogens is 366 g/mol. The zero-order valence-electron chi connectivity index (χ0n) is 15.5. The van der Waals surface area contributed by atoms with Crippen molar-refractivity contribution in [1.29, 1.82) is 0 Å². The lowest BCUT2D eigenvalue weighted by atomic mass is 10.0. The summed E-state index contributed by atoms with van der Waals surface area (Å²) in [5.41, 5.74) is 2.27. The third-order valence-electron chi connectivity index (χ3n) is 4.46. The third kappa shape index (κ3) is 3.08. The van der Waals surface area contributed by atoms with Gasteiger partial charge >= 0.3 is 5.97 Å². The van der Waals surface area contributed by atoms with Crippen LogP contribution in [-0.2, 0) is 4.79 Å². The van der Waals surface area contributed by atoms with Gasteiger partial charge in [0.05, 0.1) is 10.2 Å². The van der Waals surface area contributed by atoms with Gasteiger partial charge in [0.2, 0.25) is 6.79 Å². The number of aliphatic carboxylic acids is 1. The Labute approximate surface area is 160 Å². The van der Waals surface area contributed by atoms with Gasteiger partial charge < -0.3 is 19.3 Å².